The van der Waals surface area contributed by atoms with Crippen LogP contribution in [-0.2, 0) is 4.79 Å². The zero-order chi connectivity index (χ0) is 11.4. The van der Waals surface area contributed by atoms with Gasteiger partial charge in [0.1, 0.15) is 0 Å². The Bertz CT molecular complexity index is 418. The first-order valence-corrected chi connectivity index (χ1v) is 7.12. The predicted molar refractivity (Wildman–Crippen MR) is 84.1 cm³/mol. The normalized spacial score (nSPS) is 12.0. The Morgan fingerprint density at radius 3 is 2.47 bits per heavy atom. The van der Waals surface area contributed by atoms with Crippen LogP contribution in [-0.4, -0.2) is 5.91 Å². The van der Waals surface area contributed by atoms with E-state index >= 15 is 0 Å². The van der Waals surface area contributed by atoms with Crippen LogP contribution in [0.1, 0.15) is 0 Å². The molecule has 0 saturated carbocycles. The zero-order valence-electron chi connectivity index (χ0n) is 7.23. The number of hydrogen-bond donors (Lipinski definition) is 1. The van der Waals surface area contributed by atoms with Crippen LogP contribution in [0.15, 0.2) is 30.3 Å². The molecule has 0 atom stereocenters. The summed E-state index contributed by atoms with van der Waals surface area (Å²) in [6, 6.07) is 7.11. The van der Waals surface area contributed by atoms with Crippen molar-refractivity contribution in [2.45, 2.75) is 0 Å². The molecule has 1 aromatic carbocycles. The van der Waals surface area contributed by atoms with Gasteiger partial charge in [0.2, 0.25) is 0 Å². The Morgan fingerprint density at radius 2 is 1.93 bits per heavy atom. The fraction of sp³-hybridized carbons (Fsp3) is 0. The van der Waals surface area contributed by atoms with Crippen LogP contribution < -0.4 is 5.32 Å². The lowest BCUT2D eigenvalue weighted by atomic mass is 10.3. The van der Waals surface area contributed by atoms with Gasteiger partial charge in [-0.3, -0.25) is 4.79 Å². The largest absolute Gasteiger partial charge is 0.320 e. The highest BCUT2D eigenvalue weighted by atomic mass is 127. The van der Waals surface area contributed by atoms with Crippen molar-refractivity contribution in [1.82, 2.24) is 0 Å². The van der Waals surface area contributed by atoms with E-state index < -0.39 is 0 Å². The second-order valence-corrected chi connectivity index (χ2v) is 7.35. The molecule has 1 rings (SSSR count). The number of hydrogen-bond acceptors (Lipinski definition) is 1. The van der Waals surface area contributed by atoms with Crippen molar-refractivity contribution in [1.29, 1.82) is 0 Å². The maximum absolute atomic E-state index is 11.6. The summed E-state index contributed by atoms with van der Waals surface area (Å²) in [5.41, 5.74) is 0.614. The van der Waals surface area contributed by atoms with E-state index in [0.29, 0.717) is 14.3 Å². The summed E-state index contributed by atoms with van der Waals surface area (Å²) in [5.74, 6) is -0.176. The molecule has 0 aromatic heterocycles. The number of anilines is 1. The van der Waals surface area contributed by atoms with Crippen LogP contribution in [0.4, 0.5) is 5.69 Å². The Labute approximate surface area is 128 Å². The van der Waals surface area contributed by atoms with Crippen molar-refractivity contribution in [3.63, 3.8) is 0 Å². The molecule has 0 heterocycles. The number of para-hydroxylation sites is 1. The van der Waals surface area contributed by atoms with Gasteiger partial charge in [-0.25, -0.2) is 0 Å². The molecule has 0 fully saturated rings. The monoisotopic (exact) mass is 511 g/mol. The van der Waals surface area contributed by atoms with E-state index in [0.717, 1.165) is 2.49 Å². The first-order chi connectivity index (χ1) is 7.02. The van der Waals surface area contributed by atoms with Crippen LogP contribution in [0.2, 0.25) is 5.02 Å². The van der Waals surface area contributed by atoms with Gasteiger partial charge in [0.25, 0.3) is 5.91 Å². The number of benzene rings is 1. The fourth-order valence-electron chi connectivity index (χ4n) is 0.826. The van der Waals surface area contributed by atoms with Crippen LogP contribution in [0.25, 0.3) is 0 Å². The van der Waals surface area contributed by atoms with Crippen LogP contribution in [0.3, 0.4) is 0 Å². The summed E-state index contributed by atoms with van der Waals surface area (Å²) in [6.07, 6.45) is 0. The lowest BCUT2D eigenvalue weighted by molar-refractivity contribution is -0.112. The zero-order valence-corrected chi connectivity index (χ0v) is 13.9. The summed E-state index contributed by atoms with van der Waals surface area (Å²) < 4.78 is 1.36. The quantitative estimate of drug-likeness (QED) is 0.452. The Balaban J connectivity index is 2.85. The Kier molecular flexibility index (Phi) is 5.86. The van der Waals surface area contributed by atoms with Gasteiger partial charge in [-0.1, -0.05) is 23.7 Å². The third kappa shape index (κ3) is 4.20. The molecule has 1 N–H and O–H groups in total. The molecule has 0 spiro atoms. The molecular formula is C9H5BrClI2NO. The minimum atomic E-state index is -0.176. The fourth-order valence-corrected chi connectivity index (χ4v) is 1.57. The molecule has 15 heavy (non-hydrogen) atoms. The van der Waals surface area contributed by atoms with Crippen molar-refractivity contribution < 1.29 is 4.79 Å². The summed E-state index contributed by atoms with van der Waals surface area (Å²) >= 11 is 13.1. The molecule has 2 nitrogen and oxygen atoms in total. The molecule has 0 aliphatic carbocycles. The highest BCUT2D eigenvalue weighted by molar-refractivity contribution is 14.1. The molecule has 1 aromatic rings. The molecule has 0 aliphatic rings. The van der Waals surface area contributed by atoms with E-state index in [1.54, 1.807) is 12.1 Å². The topological polar surface area (TPSA) is 29.1 Å². The molecule has 0 unspecified atom stereocenters. The van der Waals surface area contributed by atoms with Crippen molar-refractivity contribution in [3.8, 4) is 0 Å². The predicted octanol–water partition coefficient (Wildman–Crippen LogP) is 4.71. The molecule has 0 radical (unpaired) electrons. The van der Waals surface area contributed by atoms with E-state index in [9.17, 15) is 4.79 Å². The molecular weight excluding hydrogens is 507 g/mol. The van der Waals surface area contributed by atoms with Gasteiger partial charge < -0.3 is 5.32 Å². The van der Waals surface area contributed by atoms with Crippen molar-refractivity contribution in [2.24, 2.45) is 0 Å². The number of rotatable bonds is 2. The smallest absolute Gasteiger partial charge is 0.263 e. The SMILES string of the molecule is O=C(Nc1ccccc1Cl)C(I)=C(Br)I. The van der Waals surface area contributed by atoms with Crippen molar-refractivity contribution in [3.05, 3.63) is 35.4 Å². The van der Waals surface area contributed by atoms with Crippen molar-refractivity contribution >= 4 is 84.3 Å². The first-order valence-electron chi connectivity index (χ1n) is 3.79. The standard InChI is InChI=1S/C9H5BrClI2NO/c10-8(13)7(12)9(15)14-6-4-2-1-3-5(6)11/h1-4H,(H,14,15). The average Bonchev–Trinajstić information content (AvgIpc) is 2.20. The second kappa shape index (κ2) is 6.41. The van der Waals surface area contributed by atoms with Crippen LogP contribution >= 0.6 is 72.7 Å². The maximum Gasteiger partial charge on any atom is 0.263 e. The Morgan fingerprint density at radius 1 is 1.33 bits per heavy atom. The minimum absolute atomic E-state index is 0.176. The number of amides is 1. The maximum atomic E-state index is 11.6. The molecule has 0 bridgehead atoms. The van der Waals surface area contributed by atoms with Gasteiger partial charge >= 0.3 is 0 Å². The van der Waals surface area contributed by atoms with E-state index in [4.69, 9.17) is 11.6 Å². The third-order valence-corrected chi connectivity index (χ3v) is 5.56. The molecule has 80 valence electrons. The van der Waals surface area contributed by atoms with Gasteiger partial charge in [0.15, 0.2) is 0 Å². The lowest BCUT2D eigenvalue weighted by Gasteiger charge is -2.06. The van der Waals surface area contributed by atoms with Crippen molar-refractivity contribution in [2.75, 3.05) is 5.32 Å². The van der Waals surface area contributed by atoms with E-state index in [1.807, 2.05) is 57.3 Å². The Hall–Kier alpha value is 0.660. The van der Waals surface area contributed by atoms with Gasteiger partial charge in [-0.15, -0.1) is 0 Å². The van der Waals surface area contributed by atoms with E-state index in [1.165, 1.54) is 0 Å². The first kappa shape index (κ1) is 13.7. The highest BCUT2D eigenvalue weighted by Crippen LogP contribution is 2.27. The van der Waals surface area contributed by atoms with E-state index in [2.05, 4.69) is 21.2 Å². The average molecular weight is 512 g/mol. The van der Waals surface area contributed by atoms with Crippen LogP contribution in [0.5, 0.6) is 0 Å². The molecule has 1 amide bonds. The number of carbonyl (C=O) groups is 1. The summed E-state index contributed by atoms with van der Waals surface area (Å²) in [7, 11) is 0. The van der Waals surface area contributed by atoms with Gasteiger partial charge in [-0.2, -0.15) is 0 Å². The van der Waals surface area contributed by atoms with Gasteiger partial charge in [-0.05, 0) is 73.2 Å². The lowest BCUT2D eigenvalue weighted by Crippen LogP contribution is -2.11. The number of halogens is 4. The summed E-state index contributed by atoms with van der Waals surface area (Å²) in [4.78, 5) is 11.6. The van der Waals surface area contributed by atoms with Gasteiger partial charge in [0, 0.05) is 0 Å². The third-order valence-electron chi connectivity index (χ3n) is 1.49. The molecule has 0 aliphatic heterocycles. The summed E-state index contributed by atoms with van der Waals surface area (Å²) in [6.45, 7) is 0. The van der Waals surface area contributed by atoms with Crippen LogP contribution in [0, 0.1) is 0 Å². The number of carbonyl (C=O) groups excluding carboxylic acids is 1. The number of nitrogens with one attached hydrogen (secondary N) is 1. The second-order valence-electron chi connectivity index (χ2n) is 2.51. The minimum Gasteiger partial charge on any atom is -0.320 e. The molecule has 0 saturated heterocycles. The van der Waals surface area contributed by atoms with Gasteiger partial charge in [0.05, 0.1) is 16.8 Å². The molecule has 6 heteroatoms. The van der Waals surface area contributed by atoms with E-state index in [-0.39, 0.29) is 5.91 Å². The summed E-state index contributed by atoms with van der Waals surface area (Å²) in [5, 5.41) is 3.25. The highest BCUT2D eigenvalue weighted by Gasteiger charge is 2.10.